The van der Waals surface area contributed by atoms with Gasteiger partial charge in [0.15, 0.2) is 6.61 Å². The highest BCUT2D eigenvalue weighted by molar-refractivity contribution is 6.33. The van der Waals surface area contributed by atoms with Crippen molar-refractivity contribution in [1.82, 2.24) is 5.43 Å². The number of aryl methyl sites for hydroxylation is 2. The zero-order valence-corrected chi connectivity index (χ0v) is 17.8. The maximum Gasteiger partial charge on any atom is 0.345 e. The summed E-state index contributed by atoms with van der Waals surface area (Å²) in [6.07, 6.45) is 1.45. The van der Waals surface area contributed by atoms with Crippen LogP contribution in [0.5, 0.6) is 11.5 Å². The summed E-state index contributed by atoms with van der Waals surface area (Å²) in [6, 6.07) is 19.0. The largest absolute Gasteiger partial charge is 0.484 e. The second kappa shape index (κ2) is 10.4. The van der Waals surface area contributed by atoms with Crippen LogP contribution in [0.15, 0.2) is 71.8 Å². The van der Waals surface area contributed by atoms with E-state index in [2.05, 4.69) is 10.5 Å². The number of carbonyl (C=O) groups is 2. The second-order valence-corrected chi connectivity index (χ2v) is 7.18. The van der Waals surface area contributed by atoms with Crippen molar-refractivity contribution in [3.8, 4) is 11.5 Å². The van der Waals surface area contributed by atoms with E-state index >= 15 is 0 Å². The van der Waals surface area contributed by atoms with E-state index in [0.717, 1.165) is 11.1 Å². The number of rotatable bonds is 7. The molecule has 1 amide bonds. The van der Waals surface area contributed by atoms with Crippen molar-refractivity contribution in [2.45, 2.75) is 13.8 Å². The van der Waals surface area contributed by atoms with Crippen LogP contribution in [0.25, 0.3) is 0 Å². The Hall–Kier alpha value is -3.64. The number of hydrazone groups is 1. The summed E-state index contributed by atoms with van der Waals surface area (Å²) in [5, 5.41) is 4.23. The van der Waals surface area contributed by atoms with Gasteiger partial charge in [0.25, 0.3) is 5.91 Å². The molecule has 0 aliphatic rings. The molecular weight excluding hydrogens is 416 g/mol. The van der Waals surface area contributed by atoms with Gasteiger partial charge in [0.2, 0.25) is 0 Å². The maximum atomic E-state index is 12.3. The van der Waals surface area contributed by atoms with Crippen molar-refractivity contribution in [2.75, 3.05) is 6.61 Å². The number of nitrogens with zero attached hydrogens (tertiary/aromatic N) is 1. The fraction of sp³-hybridized carbons (Fsp3) is 0.125. The molecule has 6 nitrogen and oxygen atoms in total. The lowest BCUT2D eigenvalue weighted by molar-refractivity contribution is -0.123. The Morgan fingerprint density at radius 1 is 0.968 bits per heavy atom. The predicted molar refractivity (Wildman–Crippen MR) is 120 cm³/mol. The average molecular weight is 437 g/mol. The number of amides is 1. The van der Waals surface area contributed by atoms with Crippen molar-refractivity contribution in [3.63, 3.8) is 0 Å². The zero-order valence-electron chi connectivity index (χ0n) is 17.1. The maximum absolute atomic E-state index is 12.3. The average Bonchev–Trinajstić information content (AvgIpc) is 2.75. The van der Waals surface area contributed by atoms with Crippen molar-refractivity contribution >= 4 is 29.7 Å². The number of hydrogen-bond acceptors (Lipinski definition) is 5. The molecule has 0 bridgehead atoms. The number of carbonyl (C=O) groups excluding carboxylic acids is 2. The van der Waals surface area contributed by atoms with E-state index in [4.69, 9.17) is 21.1 Å². The van der Waals surface area contributed by atoms with Gasteiger partial charge in [-0.05, 0) is 66.9 Å². The quantitative estimate of drug-likeness (QED) is 0.252. The minimum Gasteiger partial charge on any atom is -0.484 e. The van der Waals surface area contributed by atoms with Crippen molar-refractivity contribution in [2.24, 2.45) is 5.10 Å². The Kier molecular flexibility index (Phi) is 7.40. The van der Waals surface area contributed by atoms with Gasteiger partial charge in [-0.2, -0.15) is 5.10 Å². The van der Waals surface area contributed by atoms with E-state index in [-0.39, 0.29) is 12.2 Å². The summed E-state index contributed by atoms with van der Waals surface area (Å²) in [5.41, 5.74) is 5.56. The molecule has 7 heteroatoms. The van der Waals surface area contributed by atoms with Gasteiger partial charge in [-0.25, -0.2) is 10.2 Å². The number of benzene rings is 3. The van der Waals surface area contributed by atoms with Crippen LogP contribution >= 0.6 is 11.6 Å². The first kappa shape index (κ1) is 22.1. The molecule has 3 aromatic carbocycles. The second-order valence-electron chi connectivity index (χ2n) is 6.77. The third kappa shape index (κ3) is 6.42. The van der Waals surface area contributed by atoms with Crippen molar-refractivity contribution in [3.05, 3.63) is 94.0 Å². The van der Waals surface area contributed by atoms with Gasteiger partial charge >= 0.3 is 5.97 Å². The molecule has 31 heavy (non-hydrogen) atoms. The van der Waals surface area contributed by atoms with Crippen LogP contribution in [0.2, 0.25) is 5.02 Å². The van der Waals surface area contributed by atoms with Crippen LogP contribution in [0, 0.1) is 13.8 Å². The number of ether oxygens (including phenoxy) is 2. The summed E-state index contributed by atoms with van der Waals surface area (Å²) in [6.45, 7) is 3.83. The first-order valence-electron chi connectivity index (χ1n) is 9.51. The molecule has 0 radical (unpaired) electrons. The van der Waals surface area contributed by atoms with Crippen LogP contribution in [0.3, 0.4) is 0 Å². The van der Waals surface area contributed by atoms with E-state index in [1.54, 1.807) is 48.5 Å². The van der Waals surface area contributed by atoms with Gasteiger partial charge < -0.3 is 9.47 Å². The summed E-state index contributed by atoms with van der Waals surface area (Å²) in [7, 11) is 0. The topological polar surface area (TPSA) is 77.0 Å². The number of esters is 1. The Labute approximate surface area is 185 Å². The van der Waals surface area contributed by atoms with E-state index in [1.807, 2.05) is 32.0 Å². The van der Waals surface area contributed by atoms with Crippen molar-refractivity contribution < 1.29 is 19.1 Å². The molecule has 0 heterocycles. The first-order chi connectivity index (χ1) is 14.9. The molecule has 0 fully saturated rings. The van der Waals surface area contributed by atoms with E-state index in [9.17, 15) is 9.59 Å². The molecule has 3 aromatic rings. The summed E-state index contributed by atoms with van der Waals surface area (Å²) >= 11 is 6.02. The highest BCUT2D eigenvalue weighted by atomic mass is 35.5. The lowest BCUT2D eigenvalue weighted by atomic mass is 10.1. The van der Waals surface area contributed by atoms with Crippen LogP contribution in [-0.2, 0) is 4.79 Å². The fourth-order valence-electron chi connectivity index (χ4n) is 2.61. The SMILES string of the molecule is Cc1ccc(OCC(=O)N/N=C\c2cccc(OC(=O)c3ccccc3Cl)c2)cc1C. The van der Waals surface area contributed by atoms with Gasteiger partial charge in [-0.3, -0.25) is 4.79 Å². The van der Waals surface area contributed by atoms with Gasteiger partial charge in [0.1, 0.15) is 11.5 Å². The molecule has 0 aromatic heterocycles. The molecule has 0 aliphatic carbocycles. The lowest BCUT2D eigenvalue weighted by Crippen LogP contribution is -2.24. The van der Waals surface area contributed by atoms with Crippen LogP contribution < -0.4 is 14.9 Å². The van der Waals surface area contributed by atoms with E-state index in [0.29, 0.717) is 22.1 Å². The highest BCUT2D eigenvalue weighted by Crippen LogP contribution is 2.19. The Balaban J connectivity index is 1.53. The Morgan fingerprint density at radius 2 is 1.77 bits per heavy atom. The molecule has 158 valence electrons. The molecule has 0 unspecified atom stereocenters. The molecule has 0 aliphatic heterocycles. The summed E-state index contributed by atoms with van der Waals surface area (Å²) < 4.78 is 10.8. The van der Waals surface area contributed by atoms with Gasteiger partial charge in [-0.1, -0.05) is 41.9 Å². The molecule has 0 saturated carbocycles. The van der Waals surface area contributed by atoms with Gasteiger partial charge in [-0.15, -0.1) is 0 Å². The standard InChI is InChI=1S/C24H21ClN2O4/c1-16-10-11-19(12-17(16)2)30-15-23(28)27-26-14-18-6-5-7-20(13-18)31-24(29)21-8-3-4-9-22(21)25/h3-14H,15H2,1-2H3,(H,27,28)/b26-14-. The number of halogens is 1. The number of nitrogens with one attached hydrogen (secondary N) is 1. The van der Waals surface area contributed by atoms with Crippen LogP contribution in [0.4, 0.5) is 0 Å². The molecule has 3 rings (SSSR count). The fourth-order valence-corrected chi connectivity index (χ4v) is 2.82. The Morgan fingerprint density at radius 3 is 2.55 bits per heavy atom. The number of hydrogen-bond donors (Lipinski definition) is 1. The monoisotopic (exact) mass is 436 g/mol. The minimum absolute atomic E-state index is 0.157. The van der Waals surface area contributed by atoms with Crippen molar-refractivity contribution in [1.29, 1.82) is 0 Å². The smallest absolute Gasteiger partial charge is 0.345 e. The van der Waals surface area contributed by atoms with Crippen LogP contribution in [0.1, 0.15) is 27.0 Å². The highest BCUT2D eigenvalue weighted by Gasteiger charge is 2.12. The van der Waals surface area contributed by atoms with E-state index in [1.165, 1.54) is 6.21 Å². The zero-order chi connectivity index (χ0) is 22.2. The molecule has 0 saturated heterocycles. The van der Waals surface area contributed by atoms with Crippen LogP contribution in [-0.4, -0.2) is 24.7 Å². The lowest BCUT2D eigenvalue weighted by Gasteiger charge is -2.07. The van der Waals surface area contributed by atoms with E-state index < -0.39 is 11.9 Å². The molecule has 0 spiro atoms. The summed E-state index contributed by atoms with van der Waals surface area (Å²) in [4.78, 5) is 24.2. The normalized spacial score (nSPS) is 10.7. The summed E-state index contributed by atoms with van der Waals surface area (Å²) in [5.74, 6) is 0.000740. The molecular formula is C24H21ClN2O4. The first-order valence-corrected chi connectivity index (χ1v) is 9.89. The predicted octanol–water partition coefficient (Wildman–Crippen LogP) is 4.71. The third-order valence-corrected chi connectivity index (χ3v) is 4.74. The Bertz CT molecular complexity index is 1130. The van der Waals surface area contributed by atoms with Gasteiger partial charge in [0, 0.05) is 0 Å². The molecule has 1 N–H and O–H groups in total. The third-order valence-electron chi connectivity index (χ3n) is 4.41. The molecule has 0 atom stereocenters. The minimum atomic E-state index is -0.559. The van der Waals surface area contributed by atoms with Gasteiger partial charge in [0.05, 0.1) is 16.8 Å².